The van der Waals surface area contributed by atoms with Gasteiger partial charge in [-0.25, -0.2) is 14.8 Å². The van der Waals surface area contributed by atoms with Crippen molar-refractivity contribution in [1.82, 2.24) is 19.4 Å². The SMILES string of the molecule is CC(c1cn(C)c2ncnc(NC3CCCN(C(=O)OC(C)(C)C)C3)c12)C1CC1. The summed E-state index contributed by atoms with van der Waals surface area (Å²) >= 11 is 0. The van der Waals surface area contributed by atoms with E-state index in [-0.39, 0.29) is 12.1 Å². The van der Waals surface area contributed by atoms with Crippen molar-refractivity contribution in [3.8, 4) is 0 Å². The highest BCUT2D eigenvalue weighted by atomic mass is 16.6. The van der Waals surface area contributed by atoms with E-state index in [1.165, 1.54) is 18.4 Å². The molecule has 4 rings (SSSR count). The van der Waals surface area contributed by atoms with Crippen LogP contribution in [0.2, 0.25) is 0 Å². The number of carbonyl (C=O) groups excluding carboxylic acids is 1. The van der Waals surface area contributed by atoms with Crippen LogP contribution in [0.25, 0.3) is 11.0 Å². The molecule has 2 fully saturated rings. The van der Waals surface area contributed by atoms with Gasteiger partial charge in [0.05, 0.1) is 5.39 Å². The molecule has 2 aliphatic rings. The Labute approximate surface area is 172 Å². The average molecular weight is 400 g/mol. The summed E-state index contributed by atoms with van der Waals surface area (Å²) in [7, 11) is 2.05. The first-order chi connectivity index (χ1) is 13.7. The lowest BCUT2D eigenvalue weighted by atomic mass is 9.96. The molecule has 7 nitrogen and oxygen atoms in total. The number of piperidine rings is 1. The Hall–Kier alpha value is -2.31. The molecule has 0 bridgehead atoms. The normalized spacial score (nSPS) is 21.3. The summed E-state index contributed by atoms with van der Waals surface area (Å²) in [5.41, 5.74) is 1.81. The zero-order valence-corrected chi connectivity index (χ0v) is 18.2. The van der Waals surface area contributed by atoms with E-state index < -0.39 is 5.60 Å². The predicted octanol–water partition coefficient (Wildman–Crippen LogP) is 4.29. The van der Waals surface area contributed by atoms with Gasteiger partial charge >= 0.3 is 6.09 Å². The van der Waals surface area contributed by atoms with Gasteiger partial charge in [-0.1, -0.05) is 6.92 Å². The van der Waals surface area contributed by atoms with Crippen LogP contribution in [0.1, 0.15) is 64.9 Å². The van der Waals surface area contributed by atoms with Gasteiger partial charge in [0.15, 0.2) is 0 Å². The maximum Gasteiger partial charge on any atom is 0.410 e. The third-order valence-corrected chi connectivity index (χ3v) is 6.02. The summed E-state index contributed by atoms with van der Waals surface area (Å²) < 4.78 is 7.66. The largest absolute Gasteiger partial charge is 0.444 e. The van der Waals surface area contributed by atoms with Gasteiger partial charge in [-0.05, 0) is 63.9 Å². The first kappa shape index (κ1) is 20.0. The van der Waals surface area contributed by atoms with Crippen LogP contribution in [-0.2, 0) is 11.8 Å². The van der Waals surface area contributed by atoms with Gasteiger partial charge in [0.2, 0.25) is 0 Å². The van der Waals surface area contributed by atoms with Crippen LogP contribution in [0.4, 0.5) is 10.6 Å². The van der Waals surface area contributed by atoms with Gasteiger partial charge < -0.3 is 19.5 Å². The summed E-state index contributed by atoms with van der Waals surface area (Å²) in [5, 5.41) is 4.75. The van der Waals surface area contributed by atoms with Crippen LogP contribution in [0.3, 0.4) is 0 Å². The summed E-state index contributed by atoms with van der Waals surface area (Å²) in [4.78, 5) is 23.4. The highest BCUT2D eigenvalue weighted by Crippen LogP contribution is 2.45. The highest BCUT2D eigenvalue weighted by Gasteiger charge is 2.33. The van der Waals surface area contributed by atoms with E-state index in [4.69, 9.17) is 4.74 Å². The number of hydrogen-bond donors (Lipinski definition) is 1. The Balaban J connectivity index is 1.55. The summed E-state index contributed by atoms with van der Waals surface area (Å²) in [6.45, 7) is 9.39. The smallest absolute Gasteiger partial charge is 0.410 e. The molecule has 29 heavy (non-hydrogen) atoms. The molecule has 0 spiro atoms. The Bertz CT molecular complexity index is 896. The minimum Gasteiger partial charge on any atom is -0.444 e. The second-order valence-corrected chi connectivity index (χ2v) is 9.65. The zero-order valence-electron chi connectivity index (χ0n) is 18.2. The topological polar surface area (TPSA) is 72.3 Å². The minimum atomic E-state index is -0.478. The van der Waals surface area contributed by atoms with E-state index in [0.29, 0.717) is 12.5 Å². The Morgan fingerprint density at radius 1 is 1.28 bits per heavy atom. The first-order valence-corrected chi connectivity index (χ1v) is 10.8. The van der Waals surface area contributed by atoms with E-state index in [2.05, 4.69) is 33.0 Å². The third-order valence-electron chi connectivity index (χ3n) is 6.02. The van der Waals surface area contributed by atoms with E-state index >= 15 is 0 Å². The van der Waals surface area contributed by atoms with Crippen molar-refractivity contribution >= 4 is 22.9 Å². The van der Waals surface area contributed by atoms with Crippen molar-refractivity contribution in [2.75, 3.05) is 18.4 Å². The number of fused-ring (bicyclic) bond motifs is 1. The molecular weight excluding hydrogens is 366 g/mol. The maximum atomic E-state index is 12.5. The van der Waals surface area contributed by atoms with Gasteiger partial charge in [0.1, 0.15) is 23.4 Å². The maximum absolute atomic E-state index is 12.5. The van der Waals surface area contributed by atoms with E-state index in [0.717, 1.165) is 42.2 Å². The number of anilines is 1. The fourth-order valence-corrected chi connectivity index (χ4v) is 4.33. The monoisotopic (exact) mass is 399 g/mol. The number of nitrogens with one attached hydrogen (secondary N) is 1. The summed E-state index contributed by atoms with van der Waals surface area (Å²) in [5.74, 6) is 2.16. The summed E-state index contributed by atoms with van der Waals surface area (Å²) in [6, 6.07) is 0.152. The Kier molecular flexibility index (Phi) is 5.17. The molecule has 1 aliphatic heterocycles. The molecule has 158 valence electrons. The molecule has 2 aromatic rings. The molecular formula is C22H33N5O2. The van der Waals surface area contributed by atoms with Crippen molar-refractivity contribution in [3.05, 3.63) is 18.1 Å². The van der Waals surface area contributed by atoms with E-state index in [1.54, 1.807) is 6.33 Å². The van der Waals surface area contributed by atoms with Crippen molar-refractivity contribution in [3.63, 3.8) is 0 Å². The molecule has 3 heterocycles. The van der Waals surface area contributed by atoms with Gasteiger partial charge in [0.25, 0.3) is 0 Å². The lowest BCUT2D eigenvalue weighted by Crippen LogP contribution is -2.47. The lowest BCUT2D eigenvalue weighted by Gasteiger charge is -2.34. The molecule has 7 heteroatoms. The van der Waals surface area contributed by atoms with E-state index in [1.807, 2.05) is 32.7 Å². The van der Waals surface area contributed by atoms with Crippen LogP contribution in [0.5, 0.6) is 0 Å². The zero-order chi connectivity index (χ0) is 20.8. The second-order valence-electron chi connectivity index (χ2n) is 9.65. The van der Waals surface area contributed by atoms with Gasteiger partial charge in [-0.2, -0.15) is 0 Å². The number of amides is 1. The van der Waals surface area contributed by atoms with E-state index in [9.17, 15) is 4.79 Å². The third kappa shape index (κ3) is 4.33. The van der Waals surface area contributed by atoms with Crippen LogP contribution >= 0.6 is 0 Å². The first-order valence-electron chi connectivity index (χ1n) is 10.8. The average Bonchev–Trinajstić information content (AvgIpc) is 3.44. The van der Waals surface area contributed by atoms with Crippen molar-refractivity contribution in [1.29, 1.82) is 0 Å². The molecule has 2 unspecified atom stereocenters. The number of carbonyl (C=O) groups is 1. The Morgan fingerprint density at radius 2 is 2.03 bits per heavy atom. The number of hydrogen-bond acceptors (Lipinski definition) is 5. The van der Waals surface area contributed by atoms with Crippen molar-refractivity contribution < 1.29 is 9.53 Å². The molecule has 1 N–H and O–H groups in total. The fraction of sp³-hybridized carbons (Fsp3) is 0.682. The van der Waals surface area contributed by atoms with Crippen LogP contribution in [0, 0.1) is 5.92 Å². The van der Waals surface area contributed by atoms with Crippen LogP contribution in [0.15, 0.2) is 12.5 Å². The molecule has 1 aliphatic carbocycles. The number of rotatable bonds is 4. The molecule has 0 aromatic carbocycles. The van der Waals surface area contributed by atoms with Crippen LogP contribution < -0.4 is 5.32 Å². The van der Waals surface area contributed by atoms with Crippen molar-refractivity contribution in [2.24, 2.45) is 13.0 Å². The van der Waals surface area contributed by atoms with Gasteiger partial charge in [-0.3, -0.25) is 0 Å². The molecule has 0 radical (unpaired) electrons. The van der Waals surface area contributed by atoms with Gasteiger partial charge in [-0.15, -0.1) is 0 Å². The number of nitrogens with zero attached hydrogens (tertiary/aromatic N) is 4. The predicted molar refractivity (Wildman–Crippen MR) is 114 cm³/mol. The summed E-state index contributed by atoms with van der Waals surface area (Å²) in [6.07, 6.45) is 8.17. The lowest BCUT2D eigenvalue weighted by molar-refractivity contribution is 0.0206. The number of likely N-dealkylation sites (tertiary alicyclic amines) is 1. The number of ether oxygens (including phenoxy) is 1. The second kappa shape index (κ2) is 7.50. The Morgan fingerprint density at radius 3 is 2.72 bits per heavy atom. The molecule has 1 saturated heterocycles. The minimum absolute atomic E-state index is 0.152. The fourth-order valence-electron chi connectivity index (χ4n) is 4.33. The van der Waals surface area contributed by atoms with Crippen LogP contribution in [-0.4, -0.2) is 50.3 Å². The van der Waals surface area contributed by atoms with Gasteiger partial charge in [0, 0.05) is 32.4 Å². The highest BCUT2D eigenvalue weighted by molar-refractivity contribution is 5.91. The molecule has 1 saturated carbocycles. The quantitative estimate of drug-likeness (QED) is 0.830. The standard InChI is InChI=1S/C22H33N5O2/c1-14(15-8-9-15)17-12-26(5)20-18(17)19(23-13-24-20)25-16-7-6-10-27(11-16)21(28)29-22(2,3)4/h12-16H,6-11H2,1-5H3,(H,23,24,25). The number of aromatic nitrogens is 3. The number of aryl methyl sites for hydroxylation is 1. The molecule has 1 amide bonds. The van der Waals surface area contributed by atoms with Crippen molar-refractivity contribution in [2.45, 2.75) is 70.9 Å². The molecule has 2 aromatic heterocycles. The molecule has 2 atom stereocenters.